The van der Waals surface area contributed by atoms with Crippen LogP contribution in [-0.4, -0.2) is 34.7 Å². The van der Waals surface area contributed by atoms with Gasteiger partial charge < -0.3 is 10.1 Å². The van der Waals surface area contributed by atoms with Crippen LogP contribution in [0.2, 0.25) is 5.02 Å². The number of H-pyrrole nitrogens is 1. The van der Waals surface area contributed by atoms with Gasteiger partial charge in [0.25, 0.3) is 0 Å². The normalized spacial score (nSPS) is 15.4. The molecule has 2 N–H and O–H groups in total. The molecule has 0 aliphatic carbocycles. The highest BCUT2D eigenvalue weighted by Gasteiger charge is 2.24. The molecule has 0 unspecified atom stereocenters. The summed E-state index contributed by atoms with van der Waals surface area (Å²) in [4.78, 5) is 6.28. The van der Waals surface area contributed by atoms with Crippen molar-refractivity contribution in [2.75, 3.05) is 19.7 Å². The SMILES string of the molecule is OCCc1cccc2c(CN3CCC(c4ccccc4Cl)CC3)c(-c3ccccc3)[nH]c12. The number of fused-ring (bicyclic) bond motifs is 1. The Hall–Kier alpha value is -2.59. The summed E-state index contributed by atoms with van der Waals surface area (Å²) in [5.41, 5.74) is 7.37. The van der Waals surface area contributed by atoms with Crippen molar-refractivity contribution in [3.8, 4) is 11.3 Å². The number of hydrogen-bond acceptors (Lipinski definition) is 2. The number of aromatic nitrogens is 1. The molecule has 32 heavy (non-hydrogen) atoms. The molecular formula is C28H29ClN2O. The van der Waals surface area contributed by atoms with Crippen LogP contribution < -0.4 is 0 Å². The summed E-state index contributed by atoms with van der Waals surface area (Å²) in [6.07, 6.45) is 2.92. The first kappa shape index (κ1) is 21.3. The molecule has 0 radical (unpaired) electrons. The highest BCUT2D eigenvalue weighted by Crippen LogP contribution is 2.36. The van der Waals surface area contributed by atoms with Crippen molar-refractivity contribution in [1.29, 1.82) is 0 Å². The van der Waals surface area contributed by atoms with E-state index in [4.69, 9.17) is 11.6 Å². The maximum Gasteiger partial charge on any atom is 0.0510 e. The second-order valence-electron chi connectivity index (χ2n) is 8.73. The van der Waals surface area contributed by atoms with Gasteiger partial charge >= 0.3 is 0 Å². The third-order valence-electron chi connectivity index (χ3n) is 6.79. The fourth-order valence-electron chi connectivity index (χ4n) is 5.11. The van der Waals surface area contributed by atoms with Gasteiger partial charge in [0.2, 0.25) is 0 Å². The molecule has 0 spiro atoms. The Morgan fingerprint density at radius 2 is 1.66 bits per heavy atom. The third kappa shape index (κ3) is 4.21. The van der Waals surface area contributed by atoms with Gasteiger partial charge in [0.05, 0.1) is 5.69 Å². The van der Waals surface area contributed by atoms with E-state index in [1.54, 1.807) is 0 Å². The van der Waals surface area contributed by atoms with E-state index in [-0.39, 0.29) is 6.61 Å². The van der Waals surface area contributed by atoms with Gasteiger partial charge in [-0.15, -0.1) is 0 Å². The van der Waals surface area contributed by atoms with E-state index in [0.29, 0.717) is 12.3 Å². The molecule has 2 heterocycles. The summed E-state index contributed by atoms with van der Waals surface area (Å²) in [5, 5.41) is 11.7. The summed E-state index contributed by atoms with van der Waals surface area (Å²) < 4.78 is 0. The van der Waals surface area contributed by atoms with Crippen LogP contribution in [-0.2, 0) is 13.0 Å². The van der Waals surface area contributed by atoms with Crippen LogP contribution in [0.1, 0.15) is 35.4 Å². The number of nitrogens with zero attached hydrogens (tertiary/aromatic N) is 1. The van der Waals surface area contributed by atoms with Gasteiger partial charge in [-0.1, -0.05) is 78.3 Å². The molecule has 1 aliphatic heterocycles. The van der Waals surface area contributed by atoms with Crippen LogP contribution in [0.15, 0.2) is 72.8 Å². The van der Waals surface area contributed by atoms with Gasteiger partial charge in [-0.25, -0.2) is 0 Å². The zero-order valence-corrected chi connectivity index (χ0v) is 19.0. The van der Waals surface area contributed by atoms with Crippen molar-refractivity contribution < 1.29 is 5.11 Å². The molecule has 164 valence electrons. The third-order valence-corrected chi connectivity index (χ3v) is 7.13. The maximum atomic E-state index is 9.54. The van der Waals surface area contributed by atoms with Crippen LogP contribution in [0.5, 0.6) is 0 Å². The summed E-state index contributed by atoms with van der Waals surface area (Å²) >= 11 is 6.47. The first-order chi connectivity index (χ1) is 15.7. The van der Waals surface area contributed by atoms with Crippen LogP contribution in [0.3, 0.4) is 0 Å². The first-order valence-electron chi connectivity index (χ1n) is 11.5. The second-order valence-corrected chi connectivity index (χ2v) is 9.14. The van der Waals surface area contributed by atoms with E-state index in [1.807, 2.05) is 12.1 Å². The quantitative estimate of drug-likeness (QED) is 0.361. The van der Waals surface area contributed by atoms with Gasteiger partial charge in [-0.05, 0) is 66.6 Å². The van der Waals surface area contributed by atoms with Crippen LogP contribution in [0, 0.1) is 0 Å². The lowest BCUT2D eigenvalue weighted by Crippen LogP contribution is -2.32. The molecule has 3 aromatic carbocycles. The minimum absolute atomic E-state index is 0.156. The Kier molecular flexibility index (Phi) is 6.31. The number of piperidine rings is 1. The molecule has 1 fully saturated rings. The summed E-state index contributed by atoms with van der Waals surface area (Å²) in [6.45, 7) is 3.20. The highest BCUT2D eigenvalue weighted by molar-refractivity contribution is 6.31. The number of halogens is 1. The van der Waals surface area contributed by atoms with E-state index in [2.05, 4.69) is 70.5 Å². The van der Waals surface area contributed by atoms with Crippen LogP contribution in [0.25, 0.3) is 22.2 Å². The minimum Gasteiger partial charge on any atom is -0.396 e. The minimum atomic E-state index is 0.156. The molecule has 0 amide bonds. The predicted octanol–water partition coefficient (Wildman–Crippen LogP) is 6.40. The molecule has 0 atom stereocenters. The number of benzene rings is 3. The monoisotopic (exact) mass is 444 g/mol. The number of likely N-dealkylation sites (tertiary alicyclic amines) is 1. The number of aliphatic hydroxyl groups is 1. The zero-order valence-electron chi connectivity index (χ0n) is 18.2. The van der Waals surface area contributed by atoms with E-state index in [0.717, 1.165) is 43.0 Å². The predicted molar refractivity (Wildman–Crippen MR) is 133 cm³/mol. The second kappa shape index (κ2) is 9.50. The average Bonchev–Trinajstić information content (AvgIpc) is 3.20. The lowest BCUT2D eigenvalue weighted by Gasteiger charge is -2.32. The number of rotatable bonds is 6. The van der Waals surface area contributed by atoms with E-state index in [9.17, 15) is 5.11 Å². The molecule has 5 rings (SSSR count). The maximum absolute atomic E-state index is 9.54. The van der Waals surface area contributed by atoms with Gasteiger partial charge in [0, 0.05) is 29.1 Å². The van der Waals surface area contributed by atoms with Crippen LogP contribution >= 0.6 is 11.6 Å². The van der Waals surface area contributed by atoms with Crippen molar-refractivity contribution >= 4 is 22.5 Å². The first-order valence-corrected chi connectivity index (χ1v) is 11.9. The molecule has 4 aromatic rings. The standard InChI is InChI=1S/C28H29ClN2O/c29-26-12-5-4-10-23(26)20-13-16-31(17-14-20)19-25-24-11-6-9-22(15-18-32)27(24)30-28(25)21-7-2-1-3-8-21/h1-12,20,30,32H,13-19H2. The Morgan fingerprint density at radius 3 is 2.41 bits per heavy atom. The van der Waals surface area contributed by atoms with Crippen LogP contribution in [0.4, 0.5) is 0 Å². The fraction of sp³-hybridized carbons (Fsp3) is 0.286. The lowest BCUT2D eigenvalue weighted by atomic mass is 9.89. The number of hydrogen-bond donors (Lipinski definition) is 2. The largest absolute Gasteiger partial charge is 0.396 e. The van der Waals surface area contributed by atoms with Gasteiger partial charge in [-0.2, -0.15) is 0 Å². The van der Waals surface area contributed by atoms with E-state index >= 15 is 0 Å². The topological polar surface area (TPSA) is 39.3 Å². The van der Waals surface area contributed by atoms with Crippen molar-refractivity contribution in [2.45, 2.75) is 31.7 Å². The van der Waals surface area contributed by atoms with Crippen molar-refractivity contribution in [3.05, 3.63) is 94.5 Å². The number of aliphatic hydroxyl groups excluding tert-OH is 1. The van der Waals surface area contributed by atoms with Crippen molar-refractivity contribution in [3.63, 3.8) is 0 Å². The summed E-state index contributed by atoms with van der Waals surface area (Å²) in [7, 11) is 0. The molecular weight excluding hydrogens is 416 g/mol. The average molecular weight is 445 g/mol. The van der Waals surface area contributed by atoms with E-state index in [1.165, 1.54) is 33.3 Å². The molecule has 1 aromatic heterocycles. The Bertz CT molecular complexity index is 1190. The summed E-state index contributed by atoms with van der Waals surface area (Å²) in [5.74, 6) is 0.535. The molecule has 3 nitrogen and oxygen atoms in total. The van der Waals surface area contributed by atoms with Gasteiger partial charge in [0.15, 0.2) is 0 Å². The Morgan fingerprint density at radius 1 is 0.906 bits per heavy atom. The molecule has 1 saturated heterocycles. The lowest BCUT2D eigenvalue weighted by molar-refractivity contribution is 0.205. The van der Waals surface area contributed by atoms with E-state index < -0.39 is 0 Å². The smallest absolute Gasteiger partial charge is 0.0510 e. The summed E-state index contributed by atoms with van der Waals surface area (Å²) in [6, 6.07) is 25.3. The Labute approximate surface area is 194 Å². The zero-order chi connectivity index (χ0) is 21.9. The number of para-hydroxylation sites is 1. The molecule has 0 saturated carbocycles. The number of aromatic amines is 1. The van der Waals surface area contributed by atoms with Gasteiger partial charge in [0.1, 0.15) is 0 Å². The van der Waals surface area contributed by atoms with Crippen molar-refractivity contribution in [2.24, 2.45) is 0 Å². The van der Waals surface area contributed by atoms with Gasteiger partial charge in [-0.3, -0.25) is 4.90 Å². The molecule has 0 bridgehead atoms. The molecule has 4 heteroatoms. The number of nitrogens with one attached hydrogen (secondary N) is 1. The fourth-order valence-corrected chi connectivity index (χ4v) is 5.40. The Balaban J connectivity index is 1.44. The van der Waals surface area contributed by atoms with Crippen molar-refractivity contribution in [1.82, 2.24) is 9.88 Å². The molecule has 1 aliphatic rings. The highest BCUT2D eigenvalue weighted by atomic mass is 35.5.